The second kappa shape index (κ2) is 11.1. The zero-order valence-electron chi connectivity index (χ0n) is 20.9. The molecule has 2 unspecified atom stereocenters. The average Bonchev–Trinajstić information content (AvgIpc) is 3.76. The summed E-state index contributed by atoms with van der Waals surface area (Å²) in [5.74, 6) is 1.28. The molecule has 0 amide bonds. The number of unbranched alkanes of at least 4 members (excludes halogenated alkanes) is 1. The van der Waals surface area contributed by atoms with E-state index in [-0.39, 0.29) is 0 Å². The summed E-state index contributed by atoms with van der Waals surface area (Å²) in [5, 5.41) is 1.18. The van der Waals surface area contributed by atoms with E-state index in [0.717, 1.165) is 45.6 Å². The number of aromatic nitrogens is 1. The fraction of sp³-hybridized carbons (Fsp3) is 0.300. The van der Waals surface area contributed by atoms with Crippen molar-refractivity contribution in [2.75, 3.05) is 16.3 Å². The van der Waals surface area contributed by atoms with Crippen LogP contribution < -0.4 is 4.31 Å². The van der Waals surface area contributed by atoms with Gasteiger partial charge in [-0.25, -0.2) is 4.21 Å². The van der Waals surface area contributed by atoms with Gasteiger partial charge in [0.15, 0.2) is 0 Å². The summed E-state index contributed by atoms with van der Waals surface area (Å²) in [6.45, 7) is 2.65. The number of fused-ring (bicyclic) bond motifs is 1. The number of anilines is 1. The molecular weight excluding hydrogens is 484 g/mol. The van der Waals surface area contributed by atoms with Crippen LogP contribution in [-0.2, 0) is 28.3 Å². The minimum absolute atomic E-state index is 0.534. The van der Waals surface area contributed by atoms with Crippen LogP contribution in [0.3, 0.4) is 0 Å². The Morgan fingerprint density at radius 2 is 1.78 bits per heavy atom. The maximum absolute atomic E-state index is 13.3. The second-order valence-electron chi connectivity index (χ2n) is 9.48. The van der Waals surface area contributed by atoms with Gasteiger partial charge in [-0.2, -0.15) is 0 Å². The lowest BCUT2D eigenvalue weighted by Gasteiger charge is -2.24. The highest BCUT2D eigenvalue weighted by molar-refractivity contribution is 7.86. The molecule has 0 radical (unpaired) electrons. The maximum Gasteiger partial charge on any atom is 0.120 e. The molecule has 1 heterocycles. The first kappa shape index (κ1) is 24.8. The number of pyridine rings is 1. The van der Waals surface area contributed by atoms with Crippen molar-refractivity contribution in [3.05, 3.63) is 90.1 Å². The van der Waals surface area contributed by atoms with Crippen molar-refractivity contribution in [3.8, 4) is 11.1 Å². The Hall–Kier alpha value is -2.83. The van der Waals surface area contributed by atoms with E-state index in [1.54, 1.807) is 6.26 Å². The first-order valence-electron chi connectivity index (χ1n) is 12.6. The maximum atomic E-state index is 13.3. The molecule has 186 valence electrons. The smallest absolute Gasteiger partial charge is 0.120 e. The van der Waals surface area contributed by atoms with E-state index < -0.39 is 21.8 Å². The van der Waals surface area contributed by atoms with Crippen LogP contribution in [0.1, 0.15) is 49.7 Å². The van der Waals surface area contributed by atoms with Crippen molar-refractivity contribution >= 4 is 38.4 Å². The number of benzene rings is 3. The van der Waals surface area contributed by atoms with Gasteiger partial charge >= 0.3 is 0 Å². The Balaban J connectivity index is 1.50. The lowest BCUT2D eigenvalue weighted by atomic mass is 9.96. The van der Waals surface area contributed by atoms with E-state index >= 15 is 0 Å². The molecule has 1 aromatic heterocycles. The molecule has 2 atom stereocenters. The fourth-order valence-corrected chi connectivity index (χ4v) is 6.48. The molecule has 0 spiro atoms. The van der Waals surface area contributed by atoms with Crippen molar-refractivity contribution in [3.63, 3.8) is 0 Å². The summed E-state index contributed by atoms with van der Waals surface area (Å²) in [6, 6.07) is 24.9. The van der Waals surface area contributed by atoms with E-state index in [4.69, 9.17) is 4.98 Å². The highest BCUT2D eigenvalue weighted by Gasteiger charge is 2.25. The molecule has 5 rings (SSSR count). The molecule has 1 aliphatic rings. The first-order valence-corrected chi connectivity index (χ1v) is 15.4. The van der Waals surface area contributed by atoms with Crippen LogP contribution in [0.25, 0.3) is 22.0 Å². The van der Waals surface area contributed by atoms with Crippen molar-refractivity contribution in [2.24, 2.45) is 0 Å². The number of hydrogen-bond acceptors (Lipinski definition) is 3. The lowest BCUT2D eigenvalue weighted by Crippen LogP contribution is -2.27. The van der Waals surface area contributed by atoms with Gasteiger partial charge in [0, 0.05) is 50.5 Å². The van der Waals surface area contributed by atoms with Gasteiger partial charge in [-0.3, -0.25) is 13.5 Å². The van der Waals surface area contributed by atoms with E-state index in [9.17, 15) is 8.42 Å². The summed E-state index contributed by atoms with van der Waals surface area (Å²) >= 11 is 0. The van der Waals surface area contributed by atoms with Crippen LogP contribution in [-0.4, -0.2) is 25.4 Å². The normalized spacial score (nSPS) is 15.1. The second-order valence-corrected chi connectivity index (χ2v) is 12.4. The van der Waals surface area contributed by atoms with Gasteiger partial charge in [-0.05, 0) is 90.4 Å². The van der Waals surface area contributed by atoms with Gasteiger partial charge in [-0.1, -0.05) is 37.6 Å². The van der Waals surface area contributed by atoms with Crippen LogP contribution in [0.5, 0.6) is 0 Å². The predicted molar refractivity (Wildman–Crippen MR) is 152 cm³/mol. The Morgan fingerprint density at radius 1 is 0.972 bits per heavy atom. The molecule has 0 saturated heterocycles. The largest absolute Gasteiger partial charge is 0.287 e. The topological polar surface area (TPSA) is 50.3 Å². The van der Waals surface area contributed by atoms with Crippen LogP contribution >= 0.6 is 0 Å². The monoisotopic (exact) mass is 516 g/mol. The minimum atomic E-state index is -1.16. The van der Waals surface area contributed by atoms with Crippen LogP contribution in [0.4, 0.5) is 5.69 Å². The van der Waals surface area contributed by atoms with Crippen molar-refractivity contribution in [1.82, 2.24) is 4.98 Å². The van der Waals surface area contributed by atoms with Gasteiger partial charge in [-0.15, -0.1) is 0 Å². The number of rotatable bonds is 10. The van der Waals surface area contributed by atoms with E-state index in [1.165, 1.54) is 23.8 Å². The standard InChI is InChI=1S/C30H32N2O2S2/c1-3-4-17-36(34)32(27-12-14-28(15-13-27)35(2)33)21-22-7-5-8-24(18-22)29-20-26(23-10-11-23)19-25-9-6-16-31-30(25)29/h5-9,12-16,18-20,23H,3-4,10-11,17,21H2,1-2H3. The van der Waals surface area contributed by atoms with Crippen molar-refractivity contribution in [1.29, 1.82) is 0 Å². The third-order valence-corrected chi connectivity index (χ3v) is 9.12. The van der Waals surface area contributed by atoms with Crippen LogP contribution in [0.15, 0.2) is 83.9 Å². The van der Waals surface area contributed by atoms with Crippen LogP contribution in [0, 0.1) is 0 Å². The Kier molecular flexibility index (Phi) is 7.63. The molecule has 0 N–H and O–H groups in total. The van der Waals surface area contributed by atoms with E-state index in [1.807, 2.05) is 40.8 Å². The van der Waals surface area contributed by atoms with Crippen molar-refractivity contribution < 1.29 is 8.42 Å². The minimum Gasteiger partial charge on any atom is -0.287 e. The Bertz CT molecular complexity index is 1410. The Morgan fingerprint density at radius 3 is 2.50 bits per heavy atom. The van der Waals surface area contributed by atoms with Crippen LogP contribution in [0.2, 0.25) is 0 Å². The fourth-order valence-electron chi connectivity index (χ4n) is 4.55. The average molecular weight is 517 g/mol. The molecule has 4 nitrogen and oxygen atoms in total. The SMILES string of the molecule is CCCCS(=O)N(Cc1cccc(-c2cc(C3CC3)cc3cccnc23)c1)c1ccc(S(C)=O)cc1. The zero-order valence-corrected chi connectivity index (χ0v) is 22.5. The Labute approximate surface area is 218 Å². The molecule has 1 aliphatic carbocycles. The zero-order chi connectivity index (χ0) is 25.1. The van der Waals surface area contributed by atoms with E-state index in [2.05, 4.69) is 49.4 Å². The lowest BCUT2D eigenvalue weighted by molar-refractivity contribution is 0.675. The third-order valence-electron chi connectivity index (χ3n) is 6.72. The molecular formula is C30H32N2O2S2. The molecule has 3 aromatic carbocycles. The summed E-state index contributed by atoms with van der Waals surface area (Å²) in [7, 11) is -2.20. The summed E-state index contributed by atoms with van der Waals surface area (Å²) in [4.78, 5) is 5.49. The quantitative estimate of drug-likeness (QED) is 0.228. The number of hydrogen-bond donors (Lipinski definition) is 0. The molecule has 4 aromatic rings. The molecule has 36 heavy (non-hydrogen) atoms. The summed E-state index contributed by atoms with van der Waals surface area (Å²) < 4.78 is 27.2. The van der Waals surface area contributed by atoms with E-state index in [0.29, 0.717) is 18.2 Å². The van der Waals surface area contributed by atoms with Gasteiger partial charge in [0.1, 0.15) is 11.0 Å². The van der Waals surface area contributed by atoms with Crippen molar-refractivity contribution in [2.45, 2.75) is 50.0 Å². The van der Waals surface area contributed by atoms with Gasteiger partial charge in [0.25, 0.3) is 0 Å². The molecule has 6 heteroatoms. The van der Waals surface area contributed by atoms with Gasteiger partial charge in [0.2, 0.25) is 0 Å². The highest BCUT2D eigenvalue weighted by atomic mass is 32.2. The summed E-state index contributed by atoms with van der Waals surface area (Å²) in [5.41, 5.74) is 6.69. The third kappa shape index (κ3) is 5.60. The first-order chi connectivity index (χ1) is 17.5. The molecule has 1 fully saturated rings. The number of nitrogens with zero attached hydrogens (tertiary/aromatic N) is 2. The molecule has 0 bridgehead atoms. The summed E-state index contributed by atoms with van der Waals surface area (Å²) in [6.07, 6.45) is 7.96. The highest BCUT2D eigenvalue weighted by Crippen LogP contribution is 2.43. The molecule has 1 saturated carbocycles. The van der Waals surface area contributed by atoms with Gasteiger partial charge < -0.3 is 0 Å². The molecule has 0 aliphatic heterocycles. The van der Waals surface area contributed by atoms with Gasteiger partial charge in [0.05, 0.1) is 12.1 Å². The predicted octanol–water partition coefficient (Wildman–Crippen LogP) is 6.99.